The summed E-state index contributed by atoms with van der Waals surface area (Å²) in [5.41, 5.74) is 5.68. The molecule has 0 saturated heterocycles. The van der Waals surface area contributed by atoms with Gasteiger partial charge in [0.2, 0.25) is 0 Å². The fraction of sp³-hybridized carbons (Fsp3) is 0.222. The summed E-state index contributed by atoms with van der Waals surface area (Å²) in [6.07, 6.45) is -1.22. The van der Waals surface area contributed by atoms with Gasteiger partial charge in [-0.25, -0.2) is 4.79 Å². The molecule has 1 unspecified atom stereocenters. The highest BCUT2D eigenvalue weighted by atomic mass is 16.6. The third-order valence-corrected chi connectivity index (χ3v) is 1.52. The molecule has 1 aromatic rings. The van der Waals surface area contributed by atoms with Gasteiger partial charge in [0.25, 0.3) is 0 Å². The van der Waals surface area contributed by atoms with Crippen LogP contribution in [-0.4, -0.2) is 22.5 Å². The topological polar surface area (TPSA) is 92.8 Å². The lowest BCUT2D eigenvalue weighted by molar-refractivity contribution is -0.0524. The van der Waals surface area contributed by atoms with Crippen molar-refractivity contribution in [1.82, 2.24) is 0 Å². The van der Waals surface area contributed by atoms with E-state index in [1.807, 2.05) is 0 Å². The molecule has 0 saturated carbocycles. The van der Waals surface area contributed by atoms with Crippen molar-refractivity contribution in [2.24, 2.45) is 0 Å². The van der Waals surface area contributed by atoms with Gasteiger partial charge in [0.15, 0.2) is 6.29 Å². The van der Waals surface area contributed by atoms with Crippen LogP contribution in [0.3, 0.4) is 0 Å². The van der Waals surface area contributed by atoms with Crippen LogP contribution in [0.15, 0.2) is 18.2 Å². The minimum Gasteiger partial charge on any atom is -0.507 e. The van der Waals surface area contributed by atoms with Crippen molar-refractivity contribution >= 4 is 11.7 Å². The monoisotopic (exact) mass is 197 g/mol. The van der Waals surface area contributed by atoms with Crippen molar-refractivity contribution in [3.8, 4) is 5.75 Å². The van der Waals surface area contributed by atoms with E-state index >= 15 is 0 Å². The third kappa shape index (κ3) is 2.37. The molecule has 0 aliphatic carbocycles. The Labute approximate surface area is 80.7 Å². The number of carbonyl (C=O) groups excluding carboxylic acids is 1. The van der Waals surface area contributed by atoms with Crippen LogP contribution in [-0.2, 0) is 4.74 Å². The number of phenols is 1. The number of nitrogen functional groups attached to an aromatic ring is 1. The van der Waals surface area contributed by atoms with E-state index in [1.165, 1.54) is 25.1 Å². The highest BCUT2D eigenvalue weighted by Gasteiger charge is 2.14. The molecule has 1 aromatic carbocycles. The highest BCUT2D eigenvalue weighted by molar-refractivity contribution is 5.93. The maximum atomic E-state index is 11.2. The number of aromatic hydroxyl groups is 1. The number of carbonyl (C=O) groups is 1. The zero-order chi connectivity index (χ0) is 10.7. The van der Waals surface area contributed by atoms with Gasteiger partial charge in [-0.05, 0) is 25.1 Å². The Bertz CT molecular complexity index is 349. The summed E-state index contributed by atoms with van der Waals surface area (Å²) in [4.78, 5) is 11.2. The highest BCUT2D eigenvalue weighted by Crippen LogP contribution is 2.20. The number of aliphatic hydroxyl groups is 1. The second-order valence-corrected chi connectivity index (χ2v) is 2.78. The van der Waals surface area contributed by atoms with Gasteiger partial charge >= 0.3 is 5.97 Å². The van der Waals surface area contributed by atoms with Gasteiger partial charge < -0.3 is 20.7 Å². The Hall–Kier alpha value is -1.75. The molecule has 0 aliphatic rings. The van der Waals surface area contributed by atoms with E-state index in [1.54, 1.807) is 0 Å². The van der Waals surface area contributed by atoms with Crippen LogP contribution >= 0.6 is 0 Å². The number of benzene rings is 1. The molecule has 1 atom stereocenters. The third-order valence-electron chi connectivity index (χ3n) is 1.52. The zero-order valence-corrected chi connectivity index (χ0v) is 7.60. The molecular weight excluding hydrogens is 186 g/mol. The number of aliphatic hydroxyl groups excluding tert-OH is 1. The summed E-state index contributed by atoms with van der Waals surface area (Å²) in [6, 6.07) is 4.02. The van der Waals surface area contributed by atoms with Crippen LogP contribution < -0.4 is 5.73 Å². The van der Waals surface area contributed by atoms with E-state index in [0.29, 0.717) is 5.69 Å². The Balaban J connectivity index is 2.94. The molecular formula is C9H11NO4. The van der Waals surface area contributed by atoms with Gasteiger partial charge in [-0.2, -0.15) is 0 Å². The van der Waals surface area contributed by atoms with E-state index in [4.69, 9.17) is 10.8 Å². The molecule has 14 heavy (non-hydrogen) atoms. The average molecular weight is 197 g/mol. The van der Waals surface area contributed by atoms with Gasteiger partial charge in [0, 0.05) is 5.69 Å². The molecule has 5 heteroatoms. The number of hydrogen-bond acceptors (Lipinski definition) is 5. The first kappa shape index (κ1) is 10.3. The van der Waals surface area contributed by atoms with Gasteiger partial charge in [-0.1, -0.05) is 0 Å². The minimum atomic E-state index is -1.22. The lowest BCUT2D eigenvalue weighted by Crippen LogP contribution is -2.14. The molecule has 0 aromatic heterocycles. The molecule has 5 nitrogen and oxygen atoms in total. The van der Waals surface area contributed by atoms with Gasteiger partial charge in [-0.3, -0.25) is 0 Å². The van der Waals surface area contributed by atoms with Crippen molar-refractivity contribution in [3.63, 3.8) is 0 Å². The molecule has 0 radical (unpaired) electrons. The summed E-state index contributed by atoms with van der Waals surface area (Å²) < 4.78 is 4.47. The maximum Gasteiger partial charge on any atom is 0.344 e. The van der Waals surface area contributed by atoms with Crippen LogP contribution in [0.2, 0.25) is 0 Å². The molecule has 0 heterocycles. The number of hydrogen-bond donors (Lipinski definition) is 3. The average Bonchev–Trinajstić information content (AvgIpc) is 2.08. The molecule has 4 N–H and O–H groups in total. The van der Waals surface area contributed by atoms with Crippen molar-refractivity contribution in [2.75, 3.05) is 5.73 Å². The number of ether oxygens (including phenoxy) is 1. The SMILES string of the molecule is CC(O)OC(=O)c1cc(N)ccc1O. The molecule has 0 amide bonds. The summed E-state index contributed by atoms with van der Waals surface area (Å²) >= 11 is 0. The lowest BCUT2D eigenvalue weighted by Gasteiger charge is -2.08. The fourth-order valence-electron chi connectivity index (χ4n) is 0.936. The Morgan fingerprint density at radius 2 is 2.21 bits per heavy atom. The van der Waals surface area contributed by atoms with E-state index in [0.717, 1.165) is 0 Å². The first-order valence-corrected chi connectivity index (χ1v) is 3.98. The first-order chi connectivity index (χ1) is 6.50. The number of anilines is 1. The lowest BCUT2D eigenvalue weighted by atomic mass is 10.2. The molecule has 1 rings (SSSR count). The van der Waals surface area contributed by atoms with Crippen molar-refractivity contribution in [1.29, 1.82) is 0 Å². The second kappa shape index (κ2) is 3.97. The van der Waals surface area contributed by atoms with Crippen LogP contribution in [0.5, 0.6) is 5.75 Å². The van der Waals surface area contributed by atoms with Crippen molar-refractivity contribution < 1.29 is 19.7 Å². The van der Waals surface area contributed by atoms with Gasteiger partial charge in [0.1, 0.15) is 11.3 Å². The minimum absolute atomic E-state index is 0.0640. The number of rotatable bonds is 2. The van der Waals surface area contributed by atoms with Gasteiger partial charge in [0.05, 0.1) is 0 Å². The van der Waals surface area contributed by atoms with Gasteiger partial charge in [-0.15, -0.1) is 0 Å². The largest absolute Gasteiger partial charge is 0.507 e. The van der Waals surface area contributed by atoms with E-state index in [2.05, 4.69) is 4.74 Å². The Morgan fingerprint density at radius 3 is 2.79 bits per heavy atom. The quantitative estimate of drug-likeness (QED) is 0.277. The van der Waals surface area contributed by atoms with Crippen LogP contribution in [0.1, 0.15) is 17.3 Å². The standard InChI is InChI=1S/C9H11NO4/c1-5(11)14-9(13)7-4-6(10)2-3-8(7)12/h2-5,11-12H,10H2,1H3. The molecule has 0 aliphatic heterocycles. The molecule has 0 spiro atoms. The number of phenolic OH excluding ortho intramolecular Hbond substituents is 1. The predicted molar refractivity (Wildman–Crippen MR) is 49.6 cm³/mol. The van der Waals surface area contributed by atoms with Crippen LogP contribution in [0.4, 0.5) is 5.69 Å². The zero-order valence-electron chi connectivity index (χ0n) is 7.60. The van der Waals surface area contributed by atoms with Crippen molar-refractivity contribution in [3.05, 3.63) is 23.8 Å². The van der Waals surface area contributed by atoms with Crippen LogP contribution in [0.25, 0.3) is 0 Å². The molecule has 0 bridgehead atoms. The maximum absolute atomic E-state index is 11.2. The second-order valence-electron chi connectivity index (χ2n) is 2.78. The Kier molecular flexibility index (Phi) is 2.93. The van der Waals surface area contributed by atoms with E-state index in [-0.39, 0.29) is 11.3 Å². The van der Waals surface area contributed by atoms with E-state index < -0.39 is 12.3 Å². The summed E-state index contributed by atoms with van der Waals surface area (Å²) in [6.45, 7) is 1.29. The molecule has 0 fully saturated rings. The Morgan fingerprint density at radius 1 is 1.57 bits per heavy atom. The number of esters is 1. The van der Waals surface area contributed by atoms with Crippen molar-refractivity contribution in [2.45, 2.75) is 13.2 Å². The summed E-state index contributed by atoms with van der Waals surface area (Å²) in [5.74, 6) is -1.05. The smallest absolute Gasteiger partial charge is 0.344 e. The number of nitrogens with two attached hydrogens (primary N) is 1. The molecule has 76 valence electrons. The predicted octanol–water partition coefficient (Wildman–Crippen LogP) is 0.470. The summed E-state index contributed by atoms with van der Waals surface area (Å²) in [5, 5.41) is 18.1. The fourth-order valence-corrected chi connectivity index (χ4v) is 0.936. The van der Waals surface area contributed by atoms with E-state index in [9.17, 15) is 9.90 Å². The van der Waals surface area contributed by atoms with Crippen LogP contribution in [0, 0.1) is 0 Å². The normalized spacial score (nSPS) is 12.1. The summed E-state index contributed by atoms with van der Waals surface area (Å²) in [7, 11) is 0. The first-order valence-electron chi connectivity index (χ1n) is 3.98.